The third-order valence-corrected chi connectivity index (χ3v) is 3.76. The number of halogens is 1. The third-order valence-electron chi connectivity index (χ3n) is 3.01. The minimum Gasteiger partial charge on any atom is -0.304 e. The Morgan fingerprint density at radius 2 is 1.56 bits per heavy atom. The van der Waals surface area contributed by atoms with Crippen LogP contribution in [0, 0.1) is 5.41 Å². The van der Waals surface area contributed by atoms with Crippen molar-refractivity contribution in [2.24, 2.45) is 0 Å². The summed E-state index contributed by atoms with van der Waals surface area (Å²) in [5.41, 5.74) is 5.42. The lowest BCUT2D eigenvalue weighted by Gasteiger charge is -2.21. The second kappa shape index (κ2) is 3.56. The highest BCUT2D eigenvalue weighted by Gasteiger charge is 2.20. The lowest BCUT2D eigenvalue weighted by molar-refractivity contribution is 1.23. The average Bonchev–Trinajstić information content (AvgIpc) is 2.31. The molecule has 0 spiro atoms. The van der Waals surface area contributed by atoms with Gasteiger partial charge in [-0.3, -0.25) is 0 Å². The predicted octanol–water partition coefficient (Wildman–Crippen LogP) is 4.04. The Balaban J connectivity index is 2.36. The molecule has 78 valence electrons. The van der Waals surface area contributed by atoms with Crippen molar-refractivity contribution < 1.29 is 0 Å². The van der Waals surface area contributed by atoms with Gasteiger partial charge in [0, 0.05) is 22.2 Å². The molecule has 0 unspecified atom stereocenters. The maximum Gasteiger partial charge on any atom is 0.0436 e. The summed E-state index contributed by atoms with van der Waals surface area (Å²) >= 11 is 3.56. The van der Waals surface area contributed by atoms with Gasteiger partial charge in [0.2, 0.25) is 0 Å². The van der Waals surface area contributed by atoms with Gasteiger partial charge < -0.3 is 5.41 Å². The van der Waals surface area contributed by atoms with Gasteiger partial charge in [-0.05, 0) is 22.8 Å². The molecule has 16 heavy (non-hydrogen) atoms. The molecule has 1 N–H and O–H groups in total. The fraction of sp³-hybridized carbons (Fsp3) is 0.0714. The van der Waals surface area contributed by atoms with Gasteiger partial charge in [-0.25, -0.2) is 0 Å². The fourth-order valence-electron chi connectivity index (χ4n) is 2.24. The van der Waals surface area contributed by atoms with Crippen molar-refractivity contribution >= 4 is 21.6 Å². The summed E-state index contributed by atoms with van der Waals surface area (Å²) in [6, 6.07) is 14.4. The van der Waals surface area contributed by atoms with Gasteiger partial charge in [-0.15, -0.1) is 0 Å². The van der Waals surface area contributed by atoms with Crippen LogP contribution in [-0.4, -0.2) is 5.71 Å². The minimum absolute atomic E-state index is 0.704. The van der Waals surface area contributed by atoms with Gasteiger partial charge in [-0.2, -0.15) is 0 Å². The first-order valence-electron chi connectivity index (χ1n) is 5.22. The zero-order valence-corrected chi connectivity index (χ0v) is 10.2. The first-order valence-corrected chi connectivity index (χ1v) is 6.01. The van der Waals surface area contributed by atoms with Crippen molar-refractivity contribution in [2.75, 3.05) is 0 Å². The Bertz CT molecular complexity index is 587. The van der Waals surface area contributed by atoms with Crippen LogP contribution in [0.4, 0.5) is 0 Å². The molecule has 0 aliphatic heterocycles. The molecule has 1 aliphatic carbocycles. The summed E-state index contributed by atoms with van der Waals surface area (Å²) in [6.07, 6.45) is 0.716. The summed E-state index contributed by atoms with van der Waals surface area (Å²) in [4.78, 5) is 0. The van der Waals surface area contributed by atoms with Gasteiger partial charge >= 0.3 is 0 Å². The average molecular weight is 272 g/mol. The summed E-state index contributed by atoms with van der Waals surface area (Å²) in [5, 5.41) is 8.08. The standard InChI is InChI=1S/C14H10BrN/c15-13-7-3-6-10-9-4-1-2-5-11(9)14(16)8-12(10)13/h1-7,16H,8H2. The minimum atomic E-state index is 0.704. The molecule has 0 atom stereocenters. The van der Waals surface area contributed by atoms with E-state index >= 15 is 0 Å². The van der Waals surface area contributed by atoms with Gasteiger partial charge in [0.15, 0.2) is 0 Å². The van der Waals surface area contributed by atoms with Crippen molar-refractivity contribution in [1.82, 2.24) is 0 Å². The van der Waals surface area contributed by atoms with Crippen LogP contribution >= 0.6 is 15.9 Å². The second-order valence-electron chi connectivity index (χ2n) is 3.97. The maximum atomic E-state index is 8.08. The molecule has 2 heteroatoms. The Hall–Kier alpha value is -1.41. The van der Waals surface area contributed by atoms with Crippen molar-refractivity contribution in [3.05, 3.63) is 58.1 Å². The summed E-state index contributed by atoms with van der Waals surface area (Å²) in [6.45, 7) is 0. The van der Waals surface area contributed by atoms with Crippen LogP contribution in [0.1, 0.15) is 11.1 Å². The Morgan fingerprint density at radius 1 is 0.875 bits per heavy atom. The lowest BCUT2D eigenvalue weighted by atomic mass is 9.84. The van der Waals surface area contributed by atoms with Crippen LogP contribution in [0.3, 0.4) is 0 Å². The van der Waals surface area contributed by atoms with Gasteiger partial charge in [-0.1, -0.05) is 52.3 Å². The summed E-state index contributed by atoms with van der Waals surface area (Å²) < 4.78 is 1.10. The van der Waals surface area contributed by atoms with E-state index in [9.17, 15) is 0 Å². The first kappa shape index (κ1) is 9.79. The molecular formula is C14H10BrN. The number of rotatable bonds is 0. The number of hydrogen-bond acceptors (Lipinski definition) is 1. The summed E-state index contributed by atoms with van der Waals surface area (Å²) in [5.74, 6) is 0. The molecule has 0 radical (unpaired) electrons. The van der Waals surface area contributed by atoms with Crippen molar-refractivity contribution in [2.45, 2.75) is 6.42 Å². The topological polar surface area (TPSA) is 23.9 Å². The molecule has 0 amide bonds. The van der Waals surface area contributed by atoms with E-state index in [0.29, 0.717) is 12.1 Å². The highest BCUT2D eigenvalue weighted by molar-refractivity contribution is 9.10. The van der Waals surface area contributed by atoms with Crippen molar-refractivity contribution in [3.63, 3.8) is 0 Å². The lowest BCUT2D eigenvalue weighted by Crippen LogP contribution is -2.12. The number of fused-ring (bicyclic) bond motifs is 3. The normalized spacial score (nSPS) is 13.2. The number of nitrogens with one attached hydrogen (secondary N) is 1. The highest BCUT2D eigenvalue weighted by atomic mass is 79.9. The molecule has 1 nitrogen and oxygen atoms in total. The van der Waals surface area contributed by atoms with Gasteiger partial charge in [0.1, 0.15) is 0 Å². The Labute approximate surface area is 103 Å². The van der Waals surface area contributed by atoms with E-state index in [0.717, 1.165) is 10.0 Å². The zero-order valence-electron chi connectivity index (χ0n) is 8.63. The van der Waals surface area contributed by atoms with Gasteiger partial charge in [0.25, 0.3) is 0 Å². The van der Waals surface area contributed by atoms with Crippen LogP contribution in [0.2, 0.25) is 0 Å². The van der Waals surface area contributed by atoms with Crippen molar-refractivity contribution in [3.8, 4) is 11.1 Å². The Kier molecular flexibility index (Phi) is 2.18. The van der Waals surface area contributed by atoms with Crippen molar-refractivity contribution in [1.29, 1.82) is 5.41 Å². The number of hydrogen-bond donors (Lipinski definition) is 1. The molecule has 0 bridgehead atoms. The fourth-order valence-corrected chi connectivity index (χ4v) is 2.75. The molecule has 0 fully saturated rings. The molecule has 0 heterocycles. The molecular weight excluding hydrogens is 262 g/mol. The predicted molar refractivity (Wildman–Crippen MR) is 70.1 cm³/mol. The SMILES string of the molecule is N=C1Cc2c(Br)cccc2-c2ccccc21. The quantitative estimate of drug-likeness (QED) is 0.748. The monoisotopic (exact) mass is 271 g/mol. The van der Waals surface area contributed by atoms with E-state index in [2.05, 4.69) is 34.1 Å². The van der Waals surface area contributed by atoms with Crippen LogP contribution in [0.5, 0.6) is 0 Å². The van der Waals surface area contributed by atoms with E-state index < -0.39 is 0 Å². The van der Waals surface area contributed by atoms with E-state index in [-0.39, 0.29) is 0 Å². The molecule has 2 aromatic carbocycles. The van der Waals surface area contributed by atoms with E-state index in [1.54, 1.807) is 0 Å². The van der Waals surface area contributed by atoms with E-state index in [1.807, 2.05) is 24.3 Å². The molecule has 0 saturated carbocycles. The summed E-state index contributed by atoms with van der Waals surface area (Å²) in [7, 11) is 0. The molecule has 3 rings (SSSR count). The van der Waals surface area contributed by atoms with Crippen LogP contribution < -0.4 is 0 Å². The van der Waals surface area contributed by atoms with E-state index in [1.165, 1.54) is 16.7 Å². The third kappa shape index (κ3) is 1.34. The largest absolute Gasteiger partial charge is 0.304 e. The van der Waals surface area contributed by atoms with Crippen LogP contribution in [-0.2, 0) is 6.42 Å². The molecule has 0 saturated heterocycles. The van der Waals surface area contributed by atoms with Gasteiger partial charge in [0.05, 0.1) is 0 Å². The Morgan fingerprint density at radius 3 is 2.38 bits per heavy atom. The molecule has 1 aliphatic rings. The smallest absolute Gasteiger partial charge is 0.0436 e. The molecule has 2 aromatic rings. The number of benzene rings is 2. The van der Waals surface area contributed by atoms with Crippen LogP contribution in [0.15, 0.2) is 46.9 Å². The van der Waals surface area contributed by atoms with Crippen LogP contribution in [0.25, 0.3) is 11.1 Å². The maximum absolute atomic E-state index is 8.08. The highest BCUT2D eigenvalue weighted by Crippen LogP contribution is 2.36. The second-order valence-corrected chi connectivity index (χ2v) is 4.82. The molecule has 0 aromatic heterocycles. The first-order chi connectivity index (χ1) is 7.77. The van der Waals surface area contributed by atoms with E-state index in [4.69, 9.17) is 5.41 Å². The zero-order chi connectivity index (χ0) is 11.1.